The van der Waals surface area contributed by atoms with Crippen molar-refractivity contribution < 1.29 is 0 Å². The molecule has 270 valence electrons. The molecule has 6 heteroatoms. The summed E-state index contributed by atoms with van der Waals surface area (Å²) in [6.07, 6.45) is 5.58. The summed E-state index contributed by atoms with van der Waals surface area (Å²) in [5.41, 5.74) is 23.4. The molecule has 0 saturated heterocycles. The monoisotopic (exact) mass is 708 g/mol. The van der Waals surface area contributed by atoms with E-state index in [0.717, 1.165) is 83.8 Å². The molecule has 0 aliphatic heterocycles. The Bertz CT molecular complexity index is 2200. The van der Waals surface area contributed by atoms with E-state index in [9.17, 15) is 0 Å². The highest BCUT2D eigenvalue weighted by Crippen LogP contribution is 2.43. The first-order valence-corrected chi connectivity index (χ1v) is 18.7. The Hall–Kier alpha value is -5.88. The molecule has 0 spiro atoms. The molecular weight excluding hydrogens is 661 g/mol. The third-order valence-corrected chi connectivity index (χ3v) is 11.9. The van der Waals surface area contributed by atoms with Gasteiger partial charge < -0.3 is 0 Å². The number of nitrogens with zero attached hydrogens (tertiary/aromatic N) is 6. The van der Waals surface area contributed by atoms with E-state index >= 15 is 0 Å². The van der Waals surface area contributed by atoms with Gasteiger partial charge in [0.1, 0.15) is 0 Å². The summed E-state index contributed by atoms with van der Waals surface area (Å²) < 4.78 is 0. The highest BCUT2D eigenvalue weighted by atomic mass is 15.0. The lowest BCUT2D eigenvalue weighted by Gasteiger charge is -2.23. The molecule has 0 amide bonds. The Morgan fingerprint density at radius 2 is 0.463 bits per heavy atom. The number of hydrogen-bond acceptors (Lipinski definition) is 6. The lowest BCUT2D eigenvalue weighted by atomic mass is 9.85. The van der Waals surface area contributed by atoms with E-state index in [1.165, 1.54) is 33.4 Å². The Balaban J connectivity index is 1.56. The van der Waals surface area contributed by atoms with Crippen LogP contribution in [0.3, 0.4) is 0 Å². The van der Waals surface area contributed by atoms with Gasteiger partial charge >= 0.3 is 0 Å². The fourth-order valence-corrected chi connectivity index (χ4v) is 8.34. The smallest absolute Gasteiger partial charge is 0.164 e. The van der Waals surface area contributed by atoms with Crippen molar-refractivity contribution in [1.82, 2.24) is 29.9 Å². The molecular formula is C48H48N6. The van der Waals surface area contributed by atoms with Crippen LogP contribution in [0.5, 0.6) is 0 Å². The van der Waals surface area contributed by atoms with Crippen molar-refractivity contribution in [2.24, 2.45) is 0 Å². The van der Waals surface area contributed by atoms with Gasteiger partial charge in [0.25, 0.3) is 0 Å². The fourth-order valence-electron chi connectivity index (χ4n) is 8.34. The molecule has 0 aliphatic rings. The molecule has 7 rings (SSSR count). The van der Waals surface area contributed by atoms with Crippen LogP contribution in [0.1, 0.15) is 66.8 Å². The van der Waals surface area contributed by atoms with Crippen molar-refractivity contribution in [3.63, 3.8) is 0 Å². The summed E-state index contributed by atoms with van der Waals surface area (Å²) in [7, 11) is 0. The molecule has 4 heterocycles. The number of benzene rings is 3. The Labute approximate surface area is 319 Å². The lowest BCUT2D eigenvalue weighted by Crippen LogP contribution is -2.09. The van der Waals surface area contributed by atoms with E-state index in [1.807, 2.05) is 55.0 Å². The van der Waals surface area contributed by atoms with Gasteiger partial charge in [0, 0.05) is 52.0 Å². The second kappa shape index (κ2) is 14.2. The number of hydrogen-bond donors (Lipinski definition) is 0. The quantitative estimate of drug-likeness (QED) is 0.171. The third kappa shape index (κ3) is 5.90. The van der Waals surface area contributed by atoms with Crippen molar-refractivity contribution in [1.29, 1.82) is 0 Å². The number of pyridine rings is 3. The highest BCUT2D eigenvalue weighted by molar-refractivity contribution is 5.85. The van der Waals surface area contributed by atoms with Crippen molar-refractivity contribution in [2.45, 2.75) is 83.1 Å². The summed E-state index contributed by atoms with van der Waals surface area (Å²) in [5.74, 6) is 2.03. The van der Waals surface area contributed by atoms with E-state index in [-0.39, 0.29) is 0 Å². The molecule has 4 aromatic heterocycles. The lowest BCUT2D eigenvalue weighted by molar-refractivity contribution is 1.04. The Kier molecular flexibility index (Phi) is 9.57. The standard InChI is InChI=1S/C48H48N6/c1-25-31(7)43(32(8)26(2)40(25)37-19-13-16-22-49-37)46-52-47(44-33(9)27(3)41(28(4)34(44)10)38-20-14-17-23-50-38)54-48(53-46)45-35(11)29(5)42(30(6)36(45)12)39-21-15-18-24-51-39/h13-24H,1-12H3. The maximum atomic E-state index is 5.42. The average Bonchev–Trinajstić information content (AvgIpc) is 3.17. The zero-order valence-corrected chi connectivity index (χ0v) is 33.6. The van der Waals surface area contributed by atoms with Gasteiger partial charge in [0.05, 0.1) is 17.1 Å². The Morgan fingerprint density at radius 3 is 0.648 bits per heavy atom. The van der Waals surface area contributed by atoms with Crippen molar-refractivity contribution in [3.8, 4) is 67.9 Å². The molecule has 7 aromatic rings. The van der Waals surface area contributed by atoms with Crippen molar-refractivity contribution >= 4 is 0 Å². The van der Waals surface area contributed by atoms with Gasteiger partial charge in [-0.1, -0.05) is 18.2 Å². The second-order valence-electron chi connectivity index (χ2n) is 14.7. The van der Waals surface area contributed by atoms with Gasteiger partial charge in [-0.3, -0.25) is 15.0 Å². The minimum Gasteiger partial charge on any atom is -0.256 e. The van der Waals surface area contributed by atoms with Crippen LogP contribution < -0.4 is 0 Å². The van der Waals surface area contributed by atoms with Crippen molar-refractivity contribution in [2.75, 3.05) is 0 Å². The predicted octanol–water partition coefficient (Wildman–Crippen LogP) is 11.8. The minimum atomic E-state index is 0.676. The SMILES string of the molecule is Cc1c(C)c(-c2nc(-c3c(C)c(C)c(-c4ccccn4)c(C)c3C)nc(-c3c(C)c(C)c(-c4ccccn4)c(C)c3C)n2)c(C)c(C)c1-c1ccccn1. The molecule has 0 unspecified atom stereocenters. The zero-order chi connectivity index (χ0) is 38.6. The molecule has 0 bridgehead atoms. The second-order valence-corrected chi connectivity index (χ2v) is 14.7. The maximum absolute atomic E-state index is 5.42. The molecule has 54 heavy (non-hydrogen) atoms. The van der Waals surface area contributed by atoms with Crippen LogP contribution in [0, 0.1) is 83.1 Å². The molecule has 6 nitrogen and oxygen atoms in total. The molecule has 0 atom stereocenters. The fraction of sp³-hybridized carbons (Fsp3) is 0.250. The van der Waals surface area contributed by atoms with Crippen LogP contribution in [0.2, 0.25) is 0 Å². The van der Waals surface area contributed by atoms with Crippen LogP contribution in [-0.4, -0.2) is 29.9 Å². The van der Waals surface area contributed by atoms with Crippen LogP contribution in [-0.2, 0) is 0 Å². The zero-order valence-electron chi connectivity index (χ0n) is 33.6. The number of rotatable bonds is 6. The van der Waals surface area contributed by atoms with Crippen molar-refractivity contribution in [3.05, 3.63) is 140 Å². The third-order valence-electron chi connectivity index (χ3n) is 11.9. The van der Waals surface area contributed by atoms with Gasteiger partial charge in [0.2, 0.25) is 0 Å². The first-order chi connectivity index (χ1) is 25.8. The molecule has 0 aliphatic carbocycles. The first-order valence-electron chi connectivity index (χ1n) is 18.7. The highest BCUT2D eigenvalue weighted by Gasteiger charge is 2.27. The summed E-state index contributed by atoms with van der Waals surface area (Å²) in [6.45, 7) is 26.2. The van der Waals surface area contributed by atoms with Gasteiger partial charge in [-0.2, -0.15) is 0 Å². The van der Waals surface area contributed by atoms with Gasteiger partial charge in [-0.05, 0) is 186 Å². The normalized spacial score (nSPS) is 11.3. The maximum Gasteiger partial charge on any atom is 0.164 e. The molecule has 3 aromatic carbocycles. The van der Waals surface area contributed by atoms with Crippen LogP contribution >= 0.6 is 0 Å². The van der Waals surface area contributed by atoms with E-state index in [4.69, 9.17) is 29.9 Å². The summed E-state index contributed by atoms with van der Waals surface area (Å²) in [6, 6.07) is 18.3. The minimum absolute atomic E-state index is 0.676. The first kappa shape index (κ1) is 36.5. The largest absolute Gasteiger partial charge is 0.256 e. The van der Waals surface area contributed by atoms with Crippen LogP contribution in [0.15, 0.2) is 73.2 Å². The average molecular weight is 709 g/mol. The van der Waals surface area contributed by atoms with Gasteiger partial charge in [-0.15, -0.1) is 0 Å². The van der Waals surface area contributed by atoms with Gasteiger partial charge in [0.15, 0.2) is 17.5 Å². The van der Waals surface area contributed by atoms with E-state index in [2.05, 4.69) is 101 Å². The summed E-state index contributed by atoms with van der Waals surface area (Å²) >= 11 is 0. The topological polar surface area (TPSA) is 77.3 Å². The summed E-state index contributed by atoms with van der Waals surface area (Å²) in [5, 5.41) is 0. The predicted molar refractivity (Wildman–Crippen MR) is 223 cm³/mol. The molecule has 0 fully saturated rings. The Morgan fingerprint density at radius 1 is 0.259 bits per heavy atom. The van der Waals surface area contributed by atoms with E-state index in [1.54, 1.807) is 0 Å². The molecule has 0 radical (unpaired) electrons. The van der Waals surface area contributed by atoms with Crippen LogP contribution in [0.4, 0.5) is 0 Å². The summed E-state index contributed by atoms with van der Waals surface area (Å²) in [4.78, 5) is 30.5. The van der Waals surface area contributed by atoms with Crippen LogP contribution in [0.25, 0.3) is 67.9 Å². The number of aromatic nitrogens is 6. The van der Waals surface area contributed by atoms with Gasteiger partial charge in [-0.25, -0.2) is 15.0 Å². The van der Waals surface area contributed by atoms with E-state index < -0.39 is 0 Å². The molecule has 0 saturated carbocycles. The van der Waals surface area contributed by atoms with E-state index in [0.29, 0.717) is 17.5 Å². The molecule has 0 N–H and O–H groups in total.